The Kier molecular flexibility index (Phi) is 4.08. The van der Waals surface area contributed by atoms with Crippen LogP contribution in [0, 0.1) is 11.3 Å². The van der Waals surface area contributed by atoms with E-state index in [2.05, 4.69) is 16.0 Å². The van der Waals surface area contributed by atoms with Crippen molar-refractivity contribution in [3.05, 3.63) is 90.0 Å². The van der Waals surface area contributed by atoms with Crippen LogP contribution in [0.25, 0.3) is 11.0 Å². The summed E-state index contributed by atoms with van der Waals surface area (Å²) in [5.41, 5.74) is 3.22. The van der Waals surface area contributed by atoms with Gasteiger partial charge in [-0.2, -0.15) is 5.26 Å². The van der Waals surface area contributed by atoms with Crippen LogP contribution in [0.4, 0.5) is 0 Å². The Morgan fingerprint density at radius 2 is 1.88 bits per heavy atom. The molecule has 2 aromatic carbocycles. The Hall–Kier alpha value is -3.65. The van der Waals surface area contributed by atoms with E-state index in [0.717, 1.165) is 16.6 Å². The Labute approximate surface area is 150 Å². The molecule has 0 amide bonds. The summed E-state index contributed by atoms with van der Waals surface area (Å²) in [6.07, 6.45) is 3.63. The Bertz CT molecular complexity index is 1070. The zero-order chi connectivity index (χ0) is 17.9. The monoisotopic (exact) mass is 340 g/mol. The molecule has 0 fully saturated rings. The zero-order valence-electron chi connectivity index (χ0n) is 14.0. The number of ketones is 1. The van der Waals surface area contributed by atoms with Gasteiger partial charge >= 0.3 is 0 Å². The second-order valence-electron chi connectivity index (χ2n) is 6.12. The first-order valence-corrected chi connectivity index (χ1v) is 8.33. The number of nitrogens with one attached hydrogen (secondary N) is 1. The molecule has 126 valence electrons. The molecule has 2 heterocycles. The average molecular weight is 340 g/mol. The van der Waals surface area contributed by atoms with Gasteiger partial charge in [-0.25, -0.2) is 4.98 Å². The molecule has 0 bridgehead atoms. The van der Waals surface area contributed by atoms with Gasteiger partial charge in [0.2, 0.25) is 0 Å². The maximum atomic E-state index is 12.8. The third kappa shape index (κ3) is 3.01. The van der Waals surface area contributed by atoms with Crippen LogP contribution >= 0.6 is 0 Å². The molecular weight excluding hydrogens is 324 g/mol. The van der Waals surface area contributed by atoms with E-state index in [1.54, 1.807) is 12.3 Å². The van der Waals surface area contributed by atoms with Crippen LogP contribution in [0.15, 0.2) is 73.1 Å². The number of imidazole rings is 1. The third-order valence-corrected chi connectivity index (χ3v) is 4.32. The number of para-hydroxylation sites is 2. The van der Waals surface area contributed by atoms with Crippen molar-refractivity contribution in [1.29, 1.82) is 5.26 Å². The van der Waals surface area contributed by atoms with Gasteiger partial charge in [0.25, 0.3) is 0 Å². The normalized spacial score (nSPS) is 12.0. The first-order valence-electron chi connectivity index (χ1n) is 8.33. The number of Topliss-reactive ketones (excluding diaryl/α,β-unsaturated/α-hetero) is 1. The molecule has 1 atom stereocenters. The highest BCUT2D eigenvalue weighted by Crippen LogP contribution is 2.21. The van der Waals surface area contributed by atoms with E-state index >= 15 is 0 Å². The maximum absolute atomic E-state index is 12.8. The van der Waals surface area contributed by atoms with E-state index in [-0.39, 0.29) is 5.78 Å². The van der Waals surface area contributed by atoms with Crippen LogP contribution in [0.5, 0.6) is 0 Å². The van der Waals surface area contributed by atoms with Crippen molar-refractivity contribution in [3.8, 4) is 6.07 Å². The molecule has 4 rings (SSSR count). The molecular formula is C21H16N4O. The Morgan fingerprint density at radius 3 is 2.65 bits per heavy atom. The molecule has 4 aromatic rings. The highest BCUT2D eigenvalue weighted by molar-refractivity contribution is 6.02. The van der Waals surface area contributed by atoms with Gasteiger partial charge in [0.1, 0.15) is 5.82 Å². The lowest BCUT2D eigenvalue weighted by molar-refractivity contribution is 0.0976. The van der Waals surface area contributed by atoms with Crippen molar-refractivity contribution in [2.45, 2.75) is 12.5 Å². The lowest BCUT2D eigenvalue weighted by Crippen LogP contribution is -2.12. The van der Waals surface area contributed by atoms with E-state index in [0.29, 0.717) is 17.9 Å². The van der Waals surface area contributed by atoms with Gasteiger partial charge in [0.15, 0.2) is 11.7 Å². The number of benzene rings is 2. The molecule has 0 spiro atoms. The van der Waals surface area contributed by atoms with Crippen molar-refractivity contribution >= 4 is 16.8 Å². The molecule has 1 unspecified atom stereocenters. The minimum Gasteiger partial charge on any atom is -0.349 e. The van der Waals surface area contributed by atoms with Crippen molar-refractivity contribution < 1.29 is 4.79 Å². The molecule has 5 heteroatoms. The van der Waals surface area contributed by atoms with Gasteiger partial charge in [-0.15, -0.1) is 0 Å². The standard InChI is InChI=1S/C21H16N4O/c22-12-17(21-23-18-8-4-5-9-19(18)24-21)20(26)16-10-11-25(14-16)13-15-6-2-1-3-7-15/h1-11,14,17H,13H2,(H,23,24). The number of H-pyrrole nitrogens is 1. The van der Waals surface area contributed by atoms with E-state index in [1.165, 1.54) is 0 Å². The Balaban J connectivity index is 1.58. The fourth-order valence-electron chi connectivity index (χ4n) is 3.00. The number of nitrogens with zero attached hydrogens (tertiary/aromatic N) is 3. The van der Waals surface area contributed by atoms with Gasteiger partial charge in [-0.1, -0.05) is 42.5 Å². The van der Waals surface area contributed by atoms with Crippen molar-refractivity contribution in [1.82, 2.24) is 14.5 Å². The van der Waals surface area contributed by atoms with E-state index in [4.69, 9.17) is 0 Å². The molecule has 0 saturated heterocycles. The topological polar surface area (TPSA) is 74.5 Å². The number of carbonyl (C=O) groups excluding carboxylic acids is 1. The summed E-state index contributed by atoms with van der Waals surface area (Å²) in [6.45, 7) is 0.677. The number of aromatic nitrogens is 3. The maximum Gasteiger partial charge on any atom is 0.189 e. The van der Waals surface area contributed by atoms with Crippen molar-refractivity contribution in [2.24, 2.45) is 0 Å². The predicted octanol–water partition coefficient (Wildman–Crippen LogP) is 3.90. The molecule has 0 aliphatic heterocycles. The summed E-state index contributed by atoms with van der Waals surface area (Å²) in [4.78, 5) is 20.3. The number of rotatable bonds is 5. The third-order valence-electron chi connectivity index (χ3n) is 4.32. The summed E-state index contributed by atoms with van der Waals surface area (Å²) in [5.74, 6) is -0.817. The minimum absolute atomic E-state index is 0.252. The molecule has 26 heavy (non-hydrogen) atoms. The summed E-state index contributed by atoms with van der Waals surface area (Å²) < 4.78 is 1.94. The predicted molar refractivity (Wildman–Crippen MR) is 98.8 cm³/mol. The first kappa shape index (κ1) is 15.9. The minimum atomic E-state index is -0.949. The SMILES string of the molecule is N#CC(C(=O)c1ccn(Cc2ccccc2)c1)c1nc2ccccc2[nH]1. The smallest absolute Gasteiger partial charge is 0.189 e. The fourth-order valence-corrected chi connectivity index (χ4v) is 3.00. The summed E-state index contributed by atoms with van der Waals surface area (Å²) >= 11 is 0. The highest BCUT2D eigenvalue weighted by atomic mass is 16.1. The van der Waals surface area contributed by atoms with Gasteiger partial charge in [0, 0.05) is 24.5 Å². The summed E-state index contributed by atoms with van der Waals surface area (Å²) in [7, 11) is 0. The van der Waals surface area contributed by atoms with Crippen LogP contribution in [0.3, 0.4) is 0 Å². The average Bonchev–Trinajstić information content (AvgIpc) is 3.30. The first-order chi connectivity index (χ1) is 12.7. The zero-order valence-corrected chi connectivity index (χ0v) is 14.0. The summed E-state index contributed by atoms with van der Waals surface area (Å²) in [6, 6.07) is 21.3. The molecule has 0 saturated carbocycles. The lowest BCUT2D eigenvalue weighted by Gasteiger charge is -2.04. The van der Waals surface area contributed by atoms with Gasteiger partial charge in [-0.05, 0) is 23.8 Å². The lowest BCUT2D eigenvalue weighted by atomic mass is 10.0. The fraction of sp³-hybridized carbons (Fsp3) is 0.0952. The molecule has 2 aromatic heterocycles. The second kappa shape index (κ2) is 6.69. The van der Waals surface area contributed by atoms with Crippen LogP contribution < -0.4 is 0 Å². The molecule has 1 N–H and O–H groups in total. The van der Waals surface area contributed by atoms with Crippen LogP contribution in [-0.2, 0) is 6.54 Å². The quantitative estimate of drug-likeness (QED) is 0.560. The Morgan fingerprint density at radius 1 is 1.12 bits per heavy atom. The highest BCUT2D eigenvalue weighted by Gasteiger charge is 2.25. The van der Waals surface area contributed by atoms with Crippen molar-refractivity contribution in [3.63, 3.8) is 0 Å². The number of hydrogen-bond acceptors (Lipinski definition) is 3. The molecule has 0 aliphatic carbocycles. The number of fused-ring (bicyclic) bond motifs is 1. The van der Waals surface area contributed by atoms with Gasteiger partial charge in [0.05, 0.1) is 17.1 Å². The van der Waals surface area contributed by atoms with Crippen molar-refractivity contribution in [2.75, 3.05) is 0 Å². The van der Waals surface area contributed by atoms with E-state index in [1.807, 2.05) is 65.4 Å². The van der Waals surface area contributed by atoms with Gasteiger partial charge in [-0.3, -0.25) is 4.79 Å². The number of nitriles is 1. The molecule has 0 aliphatic rings. The number of hydrogen-bond donors (Lipinski definition) is 1. The van der Waals surface area contributed by atoms with Crippen LogP contribution in [-0.4, -0.2) is 20.3 Å². The second-order valence-corrected chi connectivity index (χ2v) is 6.12. The van der Waals surface area contributed by atoms with Crippen LogP contribution in [0.1, 0.15) is 27.7 Å². The number of aromatic amines is 1. The van der Waals surface area contributed by atoms with E-state index in [9.17, 15) is 10.1 Å². The van der Waals surface area contributed by atoms with E-state index < -0.39 is 5.92 Å². The molecule has 0 radical (unpaired) electrons. The van der Waals surface area contributed by atoms with Gasteiger partial charge < -0.3 is 9.55 Å². The largest absolute Gasteiger partial charge is 0.349 e. The molecule has 5 nitrogen and oxygen atoms in total. The summed E-state index contributed by atoms with van der Waals surface area (Å²) in [5, 5.41) is 9.54. The number of carbonyl (C=O) groups is 1. The van der Waals surface area contributed by atoms with Crippen LogP contribution in [0.2, 0.25) is 0 Å².